The van der Waals surface area contributed by atoms with Crippen molar-refractivity contribution in [3.63, 3.8) is 0 Å². The Kier molecular flexibility index (Phi) is 5.76. The number of nitrogens with zero attached hydrogens (tertiary/aromatic N) is 1. The third-order valence-electron chi connectivity index (χ3n) is 4.28. The monoisotopic (exact) mass is 381 g/mol. The molecule has 0 spiro atoms. The standard InChI is InChI=1S/C21H23N3O2S/c1-13-9-10-18(26-4)17(11-13)24-21(25)22-12-19-15(3)23-20(27-19)16-8-6-5-7-14(16)2/h5-11H,12H2,1-4H3,(H2,22,24,25). The summed E-state index contributed by atoms with van der Waals surface area (Å²) in [5.74, 6) is 0.631. The first-order chi connectivity index (χ1) is 13.0. The molecule has 0 bridgehead atoms. The molecule has 27 heavy (non-hydrogen) atoms. The summed E-state index contributed by atoms with van der Waals surface area (Å²) in [4.78, 5) is 18.0. The number of hydrogen-bond acceptors (Lipinski definition) is 4. The quantitative estimate of drug-likeness (QED) is 0.649. The van der Waals surface area contributed by atoms with E-state index in [1.165, 1.54) is 5.56 Å². The maximum Gasteiger partial charge on any atom is 0.319 e. The molecule has 0 saturated heterocycles. The lowest BCUT2D eigenvalue weighted by Gasteiger charge is -2.11. The Labute approximate surface area is 163 Å². The summed E-state index contributed by atoms with van der Waals surface area (Å²) in [6.07, 6.45) is 0. The molecule has 3 rings (SSSR count). The van der Waals surface area contributed by atoms with Gasteiger partial charge in [-0.2, -0.15) is 0 Å². The van der Waals surface area contributed by atoms with Gasteiger partial charge in [0.15, 0.2) is 0 Å². The molecule has 6 heteroatoms. The van der Waals surface area contributed by atoms with E-state index in [1.807, 2.05) is 44.2 Å². The van der Waals surface area contributed by atoms with Gasteiger partial charge in [-0.1, -0.05) is 30.3 Å². The number of carbonyl (C=O) groups is 1. The Morgan fingerprint density at radius 1 is 1.15 bits per heavy atom. The Hall–Kier alpha value is -2.86. The topological polar surface area (TPSA) is 63.2 Å². The molecular weight excluding hydrogens is 358 g/mol. The van der Waals surface area contributed by atoms with E-state index in [1.54, 1.807) is 18.4 Å². The highest BCUT2D eigenvalue weighted by atomic mass is 32.1. The van der Waals surface area contributed by atoms with E-state index in [0.717, 1.165) is 26.7 Å². The molecule has 2 amide bonds. The lowest BCUT2D eigenvalue weighted by Crippen LogP contribution is -2.28. The van der Waals surface area contributed by atoms with Crippen LogP contribution in [0.4, 0.5) is 10.5 Å². The van der Waals surface area contributed by atoms with Gasteiger partial charge in [-0.3, -0.25) is 0 Å². The second kappa shape index (κ2) is 8.22. The molecular formula is C21H23N3O2S. The molecule has 0 fully saturated rings. The van der Waals surface area contributed by atoms with Crippen molar-refractivity contribution >= 4 is 23.1 Å². The summed E-state index contributed by atoms with van der Waals surface area (Å²) in [7, 11) is 1.58. The van der Waals surface area contributed by atoms with Crippen molar-refractivity contribution in [2.24, 2.45) is 0 Å². The van der Waals surface area contributed by atoms with Crippen LogP contribution in [-0.4, -0.2) is 18.1 Å². The van der Waals surface area contributed by atoms with Gasteiger partial charge in [0.25, 0.3) is 0 Å². The van der Waals surface area contributed by atoms with Gasteiger partial charge in [0.1, 0.15) is 10.8 Å². The molecule has 1 aromatic heterocycles. The number of methoxy groups -OCH3 is 1. The number of rotatable bonds is 5. The number of aryl methyl sites for hydroxylation is 3. The maximum absolute atomic E-state index is 12.3. The zero-order valence-electron chi connectivity index (χ0n) is 15.9. The highest BCUT2D eigenvalue weighted by Gasteiger charge is 2.13. The van der Waals surface area contributed by atoms with Gasteiger partial charge in [0, 0.05) is 10.4 Å². The number of nitrogens with one attached hydrogen (secondary N) is 2. The Morgan fingerprint density at radius 2 is 1.93 bits per heavy atom. The van der Waals surface area contributed by atoms with Crippen molar-refractivity contribution in [1.82, 2.24) is 10.3 Å². The van der Waals surface area contributed by atoms with E-state index in [4.69, 9.17) is 4.74 Å². The number of anilines is 1. The molecule has 5 nitrogen and oxygen atoms in total. The van der Waals surface area contributed by atoms with Crippen LogP contribution in [0.3, 0.4) is 0 Å². The highest BCUT2D eigenvalue weighted by molar-refractivity contribution is 7.15. The summed E-state index contributed by atoms with van der Waals surface area (Å²) in [6.45, 7) is 6.44. The zero-order chi connectivity index (χ0) is 19.4. The van der Waals surface area contributed by atoms with Crippen molar-refractivity contribution in [3.8, 4) is 16.3 Å². The Bertz CT molecular complexity index is 966. The lowest BCUT2D eigenvalue weighted by molar-refractivity contribution is 0.251. The van der Waals surface area contributed by atoms with Gasteiger partial charge >= 0.3 is 6.03 Å². The van der Waals surface area contributed by atoms with E-state index in [-0.39, 0.29) is 6.03 Å². The van der Waals surface area contributed by atoms with Crippen molar-refractivity contribution < 1.29 is 9.53 Å². The number of thiazole rings is 1. The molecule has 0 aliphatic heterocycles. The first-order valence-electron chi connectivity index (χ1n) is 8.69. The number of carbonyl (C=O) groups excluding carboxylic acids is 1. The van der Waals surface area contributed by atoms with Gasteiger partial charge < -0.3 is 15.4 Å². The molecule has 3 aromatic rings. The fourth-order valence-electron chi connectivity index (χ4n) is 2.77. The molecule has 0 aliphatic rings. The first kappa shape index (κ1) is 18.9. The van der Waals surface area contributed by atoms with Crippen LogP contribution in [0, 0.1) is 20.8 Å². The Morgan fingerprint density at radius 3 is 2.67 bits per heavy atom. The average Bonchev–Trinajstić information content (AvgIpc) is 3.01. The fourth-order valence-corrected chi connectivity index (χ4v) is 3.86. The fraction of sp³-hybridized carbons (Fsp3) is 0.238. The van der Waals surface area contributed by atoms with Crippen molar-refractivity contribution in [2.75, 3.05) is 12.4 Å². The lowest BCUT2D eigenvalue weighted by atomic mass is 10.1. The SMILES string of the molecule is COc1ccc(C)cc1NC(=O)NCc1sc(-c2ccccc2C)nc1C. The number of benzene rings is 2. The third kappa shape index (κ3) is 4.46. The minimum atomic E-state index is -0.274. The average molecular weight is 382 g/mol. The molecule has 0 atom stereocenters. The van der Waals surface area contributed by atoms with Crippen molar-refractivity contribution in [2.45, 2.75) is 27.3 Å². The zero-order valence-corrected chi connectivity index (χ0v) is 16.7. The van der Waals surface area contributed by atoms with Crippen LogP contribution >= 0.6 is 11.3 Å². The molecule has 0 radical (unpaired) electrons. The predicted molar refractivity (Wildman–Crippen MR) is 111 cm³/mol. The second-order valence-corrected chi connectivity index (χ2v) is 7.44. The third-order valence-corrected chi connectivity index (χ3v) is 5.47. The minimum Gasteiger partial charge on any atom is -0.495 e. The normalized spacial score (nSPS) is 10.5. The number of ether oxygens (including phenoxy) is 1. The van der Waals surface area contributed by atoms with Crippen LogP contribution in [0.2, 0.25) is 0 Å². The van der Waals surface area contributed by atoms with Crippen LogP contribution in [-0.2, 0) is 6.54 Å². The largest absolute Gasteiger partial charge is 0.495 e. The molecule has 2 N–H and O–H groups in total. The summed E-state index contributed by atoms with van der Waals surface area (Å²) >= 11 is 1.61. The number of amides is 2. The summed E-state index contributed by atoms with van der Waals surface area (Å²) in [6, 6.07) is 13.6. The van der Waals surface area contributed by atoms with E-state index in [9.17, 15) is 4.79 Å². The molecule has 2 aromatic carbocycles. The van der Waals surface area contributed by atoms with Crippen LogP contribution < -0.4 is 15.4 Å². The maximum atomic E-state index is 12.3. The summed E-state index contributed by atoms with van der Waals surface area (Å²) < 4.78 is 5.30. The van der Waals surface area contributed by atoms with E-state index in [2.05, 4.69) is 34.7 Å². The number of hydrogen-bond donors (Lipinski definition) is 2. The van der Waals surface area contributed by atoms with Crippen LogP contribution in [0.25, 0.3) is 10.6 Å². The van der Waals surface area contributed by atoms with E-state index >= 15 is 0 Å². The van der Waals surface area contributed by atoms with Gasteiger partial charge in [-0.25, -0.2) is 9.78 Å². The van der Waals surface area contributed by atoms with Crippen molar-refractivity contribution in [1.29, 1.82) is 0 Å². The molecule has 0 unspecified atom stereocenters. The van der Waals surface area contributed by atoms with Gasteiger partial charge in [0.2, 0.25) is 0 Å². The van der Waals surface area contributed by atoms with Crippen LogP contribution in [0.5, 0.6) is 5.75 Å². The van der Waals surface area contributed by atoms with Gasteiger partial charge in [-0.05, 0) is 44.0 Å². The van der Waals surface area contributed by atoms with Gasteiger partial charge in [0.05, 0.1) is 25.0 Å². The highest BCUT2D eigenvalue weighted by Crippen LogP contribution is 2.30. The second-order valence-electron chi connectivity index (χ2n) is 6.35. The molecule has 0 saturated carbocycles. The number of aromatic nitrogens is 1. The predicted octanol–water partition coefficient (Wildman–Crippen LogP) is 5.07. The minimum absolute atomic E-state index is 0.274. The molecule has 1 heterocycles. The first-order valence-corrected chi connectivity index (χ1v) is 9.51. The van der Waals surface area contributed by atoms with E-state index < -0.39 is 0 Å². The van der Waals surface area contributed by atoms with Crippen LogP contribution in [0.1, 0.15) is 21.7 Å². The summed E-state index contributed by atoms with van der Waals surface area (Å²) in [5.41, 5.74) is 4.96. The molecule has 140 valence electrons. The van der Waals surface area contributed by atoms with Crippen LogP contribution in [0.15, 0.2) is 42.5 Å². The summed E-state index contributed by atoms with van der Waals surface area (Å²) in [5, 5.41) is 6.73. The van der Waals surface area contributed by atoms with E-state index in [0.29, 0.717) is 18.0 Å². The van der Waals surface area contributed by atoms with Crippen molar-refractivity contribution in [3.05, 3.63) is 64.2 Å². The Balaban J connectivity index is 1.68. The van der Waals surface area contributed by atoms with Gasteiger partial charge in [-0.15, -0.1) is 11.3 Å². The molecule has 0 aliphatic carbocycles. The smallest absolute Gasteiger partial charge is 0.319 e. The number of urea groups is 1.